The Hall–Kier alpha value is -3.14. The number of fused-ring (bicyclic) bond motifs is 1. The van der Waals surface area contributed by atoms with Crippen LogP contribution in [0.1, 0.15) is 23.9 Å². The number of benzene rings is 1. The Morgan fingerprint density at radius 3 is 2.71 bits per heavy atom. The second-order valence-corrected chi connectivity index (χ2v) is 7.49. The Balaban J connectivity index is 1.70. The van der Waals surface area contributed by atoms with E-state index in [1.807, 2.05) is 0 Å². The van der Waals surface area contributed by atoms with Gasteiger partial charge in [0.05, 0.1) is 12.2 Å². The lowest BCUT2D eigenvalue weighted by atomic mass is 9.91. The lowest BCUT2D eigenvalue weighted by Gasteiger charge is -2.22. The first-order valence-corrected chi connectivity index (χ1v) is 9.15. The predicted molar refractivity (Wildman–Crippen MR) is 96.9 cm³/mol. The van der Waals surface area contributed by atoms with E-state index >= 15 is 0 Å². The van der Waals surface area contributed by atoms with Crippen LogP contribution < -0.4 is 10.9 Å². The molecule has 3 heterocycles. The molecule has 3 amide bonds. The summed E-state index contributed by atoms with van der Waals surface area (Å²) in [6.45, 7) is 2.81. The molecule has 1 aliphatic heterocycles. The van der Waals surface area contributed by atoms with E-state index in [0.717, 1.165) is 28.8 Å². The molecule has 0 spiro atoms. The molecular formula is C18H14F2N4O3S. The second-order valence-electron chi connectivity index (χ2n) is 6.65. The number of amides is 3. The van der Waals surface area contributed by atoms with Gasteiger partial charge in [-0.1, -0.05) is 0 Å². The van der Waals surface area contributed by atoms with Crippen LogP contribution in [0, 0.1) is 18.6 Å². The smallest absolute Gasteiger partial charge is 0.319 e. The van der Waals surface area contributed by atoms with Crippen molar-refractivity contribution < 1.29 is 18.4 Å². The van der Waals surface area contributed by atoms with E-state index in [1.54, 1.807) is 12.3 Å². The lowest BCUT2D eigenvalue weighted by molar-refractivity contribution is -0.131. The van der Waals surface area contributed by atoms with Crippen molar-refractivity contribution >= 4 is 28.2 Å². The van der Waals surface area contributed by atoms with Crippen LogP contribution in [0.15, 0.2) is 34.4 Å². The van der Waals surface area contributed by atoms with Gasteiger partial charge in [-0.3, -0.25) is 18.9 Å². The van der Waals surface area contributed by atoms with Gasteiger partial charge in [0.15, 0.2) is 4.96 Å². The number of carbonyl (C=O) groups is 2. The summed E-state index contributed by atoms with van der Waals surface area (Å²) in [5.74, 6) is -2.30. The quantitative estimate of drug-likeness (QED) is 0.679. The number of hydrogen-bond acceptors (Lipinski definition) is 5. The summed E-state index contributed by atoms with van der Waals surface area (Å²) in [5.41, 5.74) is -1.41. The zero-order valence-corrected chi connectivity index (χ0v) is 15.6. The molecule has 1 saturated heterocycles. The molecule has 7 nitrogen and oxygen atoms in total. The molecule has 2 aromatic heterocycles. The van der Waals surface area contributed by atoms with Crippen LogP contribution in [0.5, 0.6) is 0 Å². The Morgan fingerprint density at radius 1 is 1.21 bits per heavy atom. The highest BCUT2D eigenvalue weighted by molar-refractivity contribution is 7.15. The summed E-state index contributed by atoms with van der Waals surface area (Å²) in [6.07, 6.45) is 0. The molecule has 4 rings (SSSR count). The molecule has 0 radical (unpaired) electrons. The first-order valence-electron chi connectivity index (χ1n) is 8.27. The van der Waals surface area contributed by atoms with Gasteiger partial charge in [0, 0.05) is 22.7 Å². The van der Waals surface area contributed by atoms with Crippen molar-refractivity contribution in [2.45, 2.75) is 25.9 Å². The minimum Gasteiger partial charge on any atom is -0.319 e. The van der Waals surface area contributed by atoms with Gasteiger partial charge in [-0.25, -0.2) is 18.6 Å². The number of nitrogens with one attached hydrogen (secondary N) is 1. The fourth-order valence-corrected chi connectivity index (χ4v) is 4.14. The maximum Gasteiger partial charge on any atom is 0.325 e. The number of nitrogens with zero attached hydrogens (tertiary/aromatic N) is 3. The number of halogens is 2. The Labute approximate surface area is 161 Å². The lowest BCUT2D eigenvalue weighted by Crippen LogP contribution is -2.41. The molecule has 10 heteroatoms. The van der Waals surface area contributed by atoms with Gasteiger partial charge in [0.2, 0.25) is 0 Å². The minimum absolute atomic E-state index is 0.222. The number of aromatic nitrogens is 2. The molecule has 0 aliphatic carbocycles. The van der Waals surface area contributed by atoms with E-state index in [-0.39, 0.29) is 23.4 Å². The predicted octanol–water partition coefficient (Wildman–Crippen LogP) is 2.31. The zero-order valence-electron chi connectivity index (χ0n) is 14.8. The highest BCUT2D eigenvalue weighted by atomic mass is 32.1. The van der Waals surface area contributed by atoms with Gasteiger partial charge in [0.25, 0.3) is 11.5 Å². The minimum atomic E-state index is -1.76. The molecule has 0 bridgehead atoms. The van der Waals surface area contributed by atoms with Crippen molar-refractivity contribution in [3.63, 3.8) is 0 Å². The zero-order chi connectivity index (χ0) is 20.2. The second kappa shape index (κ2) is 6.20. The van der Waals surface area contributed by atoms with Crippen molar-refractivity contribution in [2.75, 3.05) is 0 Å². The highest BCUT2D eigenvalue weighted by Gasteiger charge is 2.50. The summed E-state index contributed by atoms with van der Waals surface area (Å²) >= 11 is 1.26. The van der Waals surface area contributed by atoms with Crippen LogP contribution >= 0.6 is 11.3 Å². The number of carbonyl (C=O) groups excluding carboxylic acids is 2. The van der Waals surface area contributed by atoms with E-state index in [9.17, 15) is 23.2 Å². The number of hydrogen-bond donors (Lipinski definition) is 1. The Kier molecular flexibility index (Phi) is 4.03. The largest absolute Gasteiger partial charge is 0.325 e. The molecular weight excluding hydrogens is 390 g/mol. The number of aryl methyl sites for hydroxylation is 1. The molecule has 1 unspecified atom stereocenters. The van der Waals surface area contributed by atoms with Crippen molar-refractivity contribution in [1.82, 2.24) is 19.6 Å². The van der Waals surface area contributed by atoms with Crippen molar-refractivity contribution in [1.29, 1.82) is 0 Å². The number of rotatable bonds is 3. The molecule has 144 valence electrons. The molecule has 3 aromatic rings. The van der Waals surface area contributed by atoms with Crippen molar-refractivity contribution in [3.05, 3.63) is 68.6 Å². The number of urea groups is 1. The van der Waals surface area contributed by atoms with Crippen LogP contribution in [0.2, 0.25) is 0 Å². The van der Waals surface area contributed by atoms with E-state index in [4.69, 9.17) is 0 Å². The van der Waals surface area contributed by atoms with Gasteiger partial charge >= 0.3 is 6.03 Å². The van der Waals surface area contributed by atoms with E-state index < -0.39 is 29.1 Å². The molecule has 28 heavy (non-hydrogen) atoms. The Morgan fingerprint density at radius 2 is 1.96 bits per heavy atom. The average molecular weight is 404 g/mol. The molecule has 1 aliphatic rings. The average Bonchev–Trinajstić information content (AvgIpc) is 3.11. The third-order valence-corrected chi connectivity index (χ3v) is 5.63. The first kappa shape index (κ1) is 18.2. The third-order valence-electron chi connectivity index (χ3n) is 4.69. The van der Waals surface area contributed by atoms with Crippen LogP contribution in [0.3, 0.4) is 0 Å². The summed E-state index contributed by atoms with van der Waals surface area (Å²) in [4.78, 5) is 43.2. The first-order chi connectivity index (χ1) is 13.2. The van der Waals surface area contributed by atoms with Gasteiger partial charge in [-0.05, 0) is 32.0 Å². The molecule has 0 saturated carbocycles. The van der Waals surface area contributed by atoms with Gasteiger partial charge in [0.1, 0.15) is 17.2 Å². The molecule has 1 aromatic carbocycles. The fourth-order valence-electron chi connectivity index (χ4n) is 3.25. The van der Waals surface area contributed by atoms with Gasteiger partial charge in [-0.2, -0.15) is 0 Å². The summed E-state index contributed by atoms with van der Waals surface area (Å²) in [7, 11) is 0. The van der Waals surface area contributed by atoms with E-state index in [0.29, 0.717) is 4.96 Å². The van der Waals surface area contributed by atoms with Crippen molar-refractivity contribution in [2.24, 2.45) is 0 Å². The molecule has 1 fully saturated rings. The van der Waals surface area contributed by atoms with Crippen LogP contribution in [0.25, 0.3) is 4.96 Å². The SMILES string of the molecule is Cc1csc2nc(CN3C(=O)NC(C)(c4cc(F)ccc4F)C3=O)cc(=O)n12. The highest BCUT2D eigenvalue weighted by Crippen LogP contribution is 2.31. The fraction of sp³-hybridized carbons (Fsp3) is 0.222. The summed E-state index contributed by atoms with van der Waals surface area (Å²) in [5, 5.41) is 4.18. The van der Waals surface area contributed by atoms with Crippen LogP contribution in [-0.2, 0) is 16.9 Å². The third kappa shape index (κ3) is 2.68. The molecule has 1 N–H and O–H groups in total. The van der Waals surface area contributed by atoms with Gasteiger partial charge in [-0.15, -0.1) is 11.3 Å². The summed E-state index contributed by atoms with van der Waals surface area (Å²) < 4.78 is 29.2. The van der Waals surface area contributed by atoms with Crippen LogP contribution in [0.4, 0.5) is 13.6 Å². The number of thiazole rings is 1. The summed E-state index contributed by atoms with van der Waals surface area (Å²) in [6, 6.07) is 3.17. The topological polar surface area (TPSA) is 83.8 Å². The van der Waals surface area contributed by atoms with Gasteiger partial charge < -0.3 is 5.32 Å². The number of imide groups is 1. The maximum absolute atomic E-state index is 14.2. The van der Waals surface area contributed by atoms with E-state index in [1.165, 1.54) is 28.7 Å². The Bertz CT molecular complexity index is 1210. The van der Waals surface area contributed by atoms with Crippen molar-refractivity contribution in [3.8, 4) is 0 Å². The normalized spacial score (nSPS) is 19.5. The maximum atomic E-state index is 14.2. The standard InChI is InChI=1S/C18H14F2N4O3S/c1-9-8-28-17-21-11(6-14(25)24(9)17)7-23-15(26)18(2,22-16(23)27)12-5-10(19)3-4-13(12)20/h3-6,8H,7H2,1-2H3,(H,22,27). The monoisotopic (exact) mass is 404 g/mol. The molecule has 1 atom stereocenters. The van der Waals surface area contributed by atoms with E-state index in [2.05, 4.69) is 10.3 Å². The van der Waals surface area contributed by atoms with Crippen LogP contribution in [-0.4, -0.2) is 26.2 Å².